The molecular weight excluding hydrogens is 146 g/mol. The molecule has 12 heavy (non-hydrogen) atoms. The zero-order valence-electron chi connectivity index (χ0n) is 8.19. The van der Waals surface area contributed by atoms with Crippen LogP contribution >= 0.6 is 0 Å². The van der Waals surface area contributed by atoms with Crippen molar-refractivity contribution in [3.8, 4) is 11.8 Å². The minimum absolute atomic E-state index is 0.663. The van der Waals surface area contributed by atoms with E-state index in [1.807, 2.05) is 6.92 Å². The van der Waals surface area contributed by atoms with E-state index in [1.165, 1.54) is 25.8 Å². The van der Waals surface area contributed by atoms with Crippen molar-refractivity contribution in [3.63, 3.8) is 0 Å². The molecule has 1 heteroatoms. The maximum Gasteiger partial charge on any atom is 0.0243 e. The van der Waals surface area contributed by atoms with E-state index in [9.17, 15) is 0 Å². The average molecular weight is 165 g/mol. The summed E-state index contributed by atoms with van der Waals surface area (Å²) in [4.78, 5) is 0. The Morgan fingerprint density at radius 2 is 2.33 bits per heavy atom. The zero-order valence-corrected chi connectivity index (χ0v) is 8.19. The van der Waals surface area contributed by atoms with Gasteiger partial charge in [0.25, 0.3) is 0 Å². The minimum Gasteiger partial charge on any atom is -0.313 e. The van der Waals surface area contributed by atoms with Crippen molar-refractivity contribution in [2.45, 2.75) is 45.6 Å². The standard InChI is InChI=1S/C11H19N/c1-3-5-6-11-9-10(4-2)7-8-12-11/h10-12H,4,6-9H2,1-2H3. The van der Waals surface area contributed by atoms with Crippen LogP contribution in [0.4, 0.5) is 0 Å². The van der Waals surface area contributed by atoms with Crippen molar-refractivity contribution in [2.75, 3.05) is 6.54 Å². The highest BCUT2D eigenvalue weighted by molar-refractivity contribution is 4.99. The van der Waals surface area contributed by atoms with E-state index in [0.29, 0.717) is 6.04 Å². The van der Waals surface area contributed by atoms with Crippen LogP contribution in [0.5, 0.6) is 0 Å². The van der Waals surface area contributed by atoms with Crippen molar-refractivity contribution in [1.29, 1.82) is 0 Å². The van der Waals surface area contributed by atoms with Crippen LogP contribution in [0.25, 0.3) is 0 Å². The van der Waals surface area contributed by atoms with Gasteiger partial charge in [0, 0.05) is 12.5 Å². The van der Waals surface area contributed by atoms with E-state index < -0.39 is 0 Å². The van der Waals surface area contributed by atoms with E-state index in [0.717, 1.165) is 12.3 Å². The number of nitrogens with one attached hydrogen (secondary N) is 1. The molecule has 0 spiro atoms. The lowest BCUT2D eigenvalue weighted by molar-refractivity contribution is 0.298. The van der Waals surface area contributed by atoms with E-state index in [-0.39, 0.29) is 0 Å². The highest BCUT2D eigenvalue weighted by atomic mass is 14.9. The van der Waals surface area contributed by atoms with E-state index >= 15 is 0 Å². The summed E-state index contributed by atoms with van der Waals surface area (Å²) >= 11 is 0. The third-order valence-corrected chi connectivity index (χ3v) is 2.71. The Hall–Kier alpha value is -0.480. The Balaban J connectivity index is 2.28. The van der Waals surface area contributed by atoms with Crippen LogP contribution in [0, 0.1) is 17.8 Å². The first-order chi connectivity index (χ1) is 5.86. The molecule has 0 saturated carbocycles. The quantitative estimate of drug-likeness (QED) is 0.618. The van der Waals surface area contributed by atoms with Gasteiger partial charge in [-0.15, -0.1) is 11.8 Å². The van der Waals surface area contributed by atoms with Gasteiger partial charge in [-0.3, -0.25) is 0 Å². The Bertz CT molecular complexity index is 175. The smallest absolute Gasteiger partial charge is 0.0243 e. The summed E-state index contributed by atoms with van der Waals surface area (Å²) < 4.78 is 0. The monoisotopic (exact) mass is 165 g/mol. The Morgan fingerprint density at radius 1 is 1.50 bits per heavy atom. The van der Waals surface area contributed by atoms with Crippen molar-refractivity contribution in [3.05, 3.63) is 0 Å². The van der Waals surface area contributed by atoms with Crippen molar-refractivity contribution < 1.29 is 0 Å². The van der Waals surface area contributed by atoms with Gasteiger partial charge in [-0.2, -0.15) is 0 Å². The Kier molecular flexibility index (Phi) is 4.18. The van der Waals surface area contributed by atoms with Gasteiger partial charge in [0.1, 0.15) is 0 Å². The van der Waals surface area contributed by atoms with Crippen LogP contribution in [0.2, 0.25) is 0 Å². The second-order valence-corrected chi connectivity index (χ2v) is 3.58. The van der Waals surface area contributed by atoms with Crippen LogP contribution in [0.15, 0.2) is 0 Å². The summed E-state index contributed by atoms with van der Waals surface area (Å²) in [5.74, 6) is 7.05. The van der Waals surface area contributed by atoms with E-state index in [4.69, 9.17) is 0 Å². The first kappa shape index (κ1) is 9.61. The Morgan fingerprint density at radius 3 is 3.00 bits per heavy atom. The lowest BCUT2D eigenvalue weighted by Gasteiger charge is -2.28. The molecule has 2 unspecified atom stereocenters. The molecule has 1 aliphatic heterocycles. The molecule has 1 aliphatic rings. The third-order valence-electron chi connectivity index (χ3n) is 2.71. The van der Waals surface area contributed by atoms with Gasteiger partial charge in [0.05, 0.1) is 0 Å². The minimum atomic E-state index is 0.663. The van der Waals surface area contributed by atoms with E-state index in [2.05, 4.69) is 24.1 Å². The molecule has 1 saturated heterocycles. The summed E-state index contributed by atoms with van der Waals surface area (Å²) in [6.07, 6.45) is 5.04. The first-order valence-corrected chi connectivity index (χ1v) is 4.99. The van der Waals surface area contributed by atoms with Gasteiger partial charge < -0.3 is 5.32 Å². The van der Waals surface area contributed by atoms with Gasteiger partial charge in [0.15, 0.2) is 0 Å². The van der Waals surface area contributed by atoms with Gasteiger partial charge >= 0.3 is 0 Å². The molecule has 0 aromatic heterocycles. The third kappa shape index (κ3) is 2.87. The van der Waals surface area contributed by atoms with Crippen molar-refractivity contribution in [2.24, 2.45) is 5.92 Å². The molecule has 0 radical (unpaired) electrons. The van der Waals surface area contributed by atoms with Crippen LogP contribution in [0.3, 0.4) is 0 Å². The lowest BCUT2D eigenvalue weighted by atomic mass is 9.89. The van der Waals surface area contributed by atoms with Crippen LogP contribution in [0.1, 0.15) is 39.5 Å². The fraction of sp³-hybridized carbons (Fsp3) is 0.818. The molecule has 2 atom stereocenters. The second kappa shape index (κ2) is 5.22. The largest absolute Gasteiger partial charge is 0.313 e. The predicted octanol–water partition coefficient (Wildman–Crippen LogP) is 2.18. The van der Waals surface area contributed by atoms with E-state index in [1.54, 1.807) is 0 Å². The number of hydrogen-bond acceptors (Lipinski definition) is 1. The highest BCUT2D eigenvalue weighted by Crippen LogP contribution is 2.20. The maximum atomic E-state index is 3.52. The molecule has 1 fully saturated rings. The number of piperidine rings is 1. The molecule has 1 heterocycles. The zero-order chi connectivity index (χ0) is 8.81. The highest BCUT2D eigenvalue weighted by Gasteiger charge is 2.18. The van der Waals surface area contributed by atoms with Crippen molar-refractivity contribution in [1.82, 2.24) is 5.32 Å². The molecule has 1 rings (SSSR count). The lowest BCUT2D eigenvalue weighted by Crippen LogP contribution is -2.37. The number of rotatable bonds is 2. The predicted molar refractivity (Wildman–Crippen MR) is 52.9 cm³/mol. The normalized spacial score (nSPS) is 29.2. The summed E-state index contributed by atoms with van der Waals surface area (Å²) in [6.45, 7) is 5.40. The van der Waals surface area contributed by atoms with Gasteiger partial charge in [-0.25, -0.2) is 0 Å². The second-order valence-electron chi connectivity index (χ2n) is 3.58. The summed E-state index contributed by atoms with van der Waals surface area (Å²) in [5.41, 5.74) is 0. The molecule has 0 aromatic carbocycles. The van der Waals surface area contributed by atoms with Crippen LogP contribution < -0.4 is 5.32 Å². The molecule has 0 aliphatic carbocycles. The molecule has 1 N–H and O–H groups in total. The first-order valence-electron chi connectivity index (χ1n) is 4.99. The Labute approximate surface area is 75.9 Å². The van der Waals surface area contributed by atoms with Crippen LogP contribution in [-0.2, 0) is 0 Å². The number of hydrogen-bond donors (Lipinski definition) is 1. The fourth-order valence-electron chi connectivity index (χ4n) is 1.85. The topological polar surface area (TPSA) is 12.0 Å². The molecular formula is C11H19N. The summed E-state index contributed by atoms with van der Waals surface area (Å²) in [5, 5.41) is 3.52. The fourth-order valence-corrected chi connectivity index (χ4v) is 1.85. The molecule has 0 aromatic rings. The van der Waals surface area contributed by atoms with Crippen LogP contribution in [-0.4, -0.2) is 12.6 Å². The molecule has 68 valence electrons. The summed E-state index contributed by atoms with van der Waals surface area (Å²) in [7, 11) is 0. The van der Waals surface area contributed by atoms with Gasteiger partial charge in [-0.1, -0.05) is 13.3 Å². The molecule has 0 amide bonds. The van der Waals surface area contributed by atoms with Gasteiger partial charge in [-0.05, 0) is 32.2 Å². The summed E-state index contributed by atoms with van der Waals surface area (Å²) in [6, 6.07) is 0.663. The SMILES string of the molecule is CC#CCC1CC(CC)CCN1. The average Bonchev–Trinajstić information content (AvgIpc) is 2.15. The maximum absolute atomic E-state index is 3.52. The molecule has 0 bridgehead atoms. The van der Waals surface area contributed by atoms with Crippen molar-refractivity contribution >= 4 is 0 Å². The van der Waals surface area contributed by atoms with Gasteiger partial charge in [0.2, 0.25) is 0 Å². The molecule has 1 nitrogen and oxygen atoms in total.